The summed E-state index contributed by atoms with van der Waals surface area (Å²) in [6, 6.07) is 13.4. The van der Waals surface area contributed by atoms with Crippen LogP contribution in [0.1, 0.15) is 11.1 Å². The minimum Gasteiger partial charge on any atom is -0.491 e. The number of hydrogen-bond acceptors (Lipinski definition) is 4. The zero-order valence-corrected chi connectivity index (χ0v) is 13.9. The van der Waals surface area contributed by atoms with Gasteiger partial charge in [-0.3, -0.25) is 4.79 Å². The average molecular weight is 327 g/mol. The molecular weight excluding hydrogens is 306 g/mol. The Kier molecular flexibility index (Phi) is 4.89. The lowest BCUT2D eigenvalue weighted by Gasteiger charge is -2.25. The molecule has 5 heteroatoms. The first kappa shape index (κ1) is 16.2. The summed E-state index contributed by atoms with van der Waals surface area (Å²) >= 11 is 0. The van der Waals surface area contributed by atoms with Crippen molar-refractivity contribution in [3.8, 4) is 17.2 Å². The molecule has 0 unspecified atom stereocenters. The van der Waals surface area contributed by atoms with Crippen LogP contribution in [-0.2, 0) is 4.79 Å². The van der Waals surface area contributed by atoms with E-state index in [0.717, 1.165) is 16.9 Å². The van der Waals surface area contributed by atoms with Crippen LogP contribution in [0.5, 0.6) is 17.2 Å². The Morgan fingerprint density at radius 2 is 2.00 bits per heavy atom. The molecule has 1 aliphatic heterocycles. The van der Waals surface area contributed by atoms with E-state index in [1.165, 1.54) is 0 Å². The van der Waals surface area contributed by atoms with Gasteiger partial charge in [0.25, 0.3) is 5.91 Å². The minimum atomic E-state index is -0.638. The molecule has 1 aliphatic rings. The number of carbonyl (C=O) groups is 1. The molecule has 0 saturated carbocycles. The van der Waals surface area contributed by atoms with Crippen molar-refractivity contribution in [2.24, 2.45) is 0 Å². The summed E-state index contributed by atoms with van der Waals surface area (Å²) in [5.41, 5.74) is 2.22. The number of fused-ring (bicyclic) bond motifs is 1. The summed E-state index contributed by atoms with van der Waals surface area (Å²) in [7, 11) is 0. The van der Waals surface area contributed by atoms with E-state index in [9.17, 15) is 4.79 Å². The van der Waals surface area contributed by atoms with E-state index in [0.29, 0.717) is 24.7 Å². The number of para-hydroxylation sites is 2. The van der Waals surface area contributed by atoms with Gasteiger partial charge in [-0.1, -0.05) is 24.3 Å². The van der Waals surface area contributed by atoms with Crippen LogP contribution in [0.25, 0.3) is 0 Å². The fraction of sp³-hybridized carbons (Fsp3) is 0.316. The zero-order chi connectivity index (χ0) is 16.9. The maximum atomic E-state index is 12.2. The molecule has 1 atom stereocenters. The lowest BCUT2D eigenvalue weighted by molar-refractivity contribution is -0.130. The molecule has 0 aliphatic carbocycles. The maximum absolute atomic E-state index is 12.2. The smallest absolute Gasteiger partial charge is 0.264 e. The third-order valence-corrected chi connectivity index (χ3v) is 3.80. The van der Waals surface area contributed by atoms with Crippen molar-refractivity contribution in [2.45, 2.75) is 20.0 Å². The van der Waals surface area contributed by atoms with Gasteiger partial charge in [-0.25, -0.2) is 0 Å². The molecule has 1 amide bonds. The summed E-state index contributed by atoms with van der Waals surface area (Å²) in [5, 5.41) is 2.82. The van der Waals surface area contributed by atoms with Crippen molar-refractivity contribution in [3.63, 3.8) is 0 Å². The molecule has 24 heavy (non-hydrogen) atoms. The first-order chi connectivity index (χ1) is 11.6. The Balaban J connectivity index is 1.46. The van der Waals surface area contributed by atoms with Crippen molar-refractivity contribution in [1.82, 2.24) is 5.32 Å². The highest BCUT2D eigenvalue weighted by Gasteiger charge is 2.26. The number of carbonyl (C=O) groups excluding carboxylic acids is 1. The molecular formula is C19H21NO4. The van der Waals surface area contributed by atoms with Gasteiger partial charge in [0.15, 0.2) is 11.5 Å². The van der Waals surface area contributed by atoms with Gasteiger partial charge in [0, 0.05) is 0 Å². The van der Waals surface area contributed by atoms with E-state index >= 15 is 0 Å². The quantitative estimate of drug-likeness (QED) is 0.858. The third-order valence-electron chi connectivity index (χ3n) is 3.80. The van der Waals surface area contributed by atoms with Crippen LogP contribution in [0.4, 0.5) is 0 Å². The van der Waals surface area contributed by atoms with E-state index in [-0.39, 0.29) is 12.5 Å². The highest BCUT2D eigenvalue weighted by Crippen LogP contribution is 2.30. The molecule has 0 spiro atoms. The van der Waals surface area contributed by atoms with Crippen LogP contribution in [-0.4, -0.2) is 31.8 Å². The van der Waals surface area contributed by atoms with Gasteiger partial charge in [0.05, 0.1) is 6.54 Å². The summed E-state index contributed by atoms with van der Waals surface area (Å²) in [5.74, 6) is 1.90. The van der Waals surface area contributed by atoms with Crippen molar-refractivity contribution in [1.29, 1.82) is 0 Å². The second-order valence-corrected chi connectivity index (χ2v) is 5.77. The number of aryl methyl sites for hydroxylation is 2. The van der Waals surface area contributed by atoms with Gasteiger partial charge in [-0.2, -0.15) is 0 Å². The Morgan fingerprint density at radius 3 is 2.83 bits per heavy atom. The van der Waals surface area contributed by atoms with Gasteiger partial charge in [-0.15, -0.1) is 0 Å². The molecule has 0 radical (unpaired) electrons. The molecule has 2 aromatic carbocycles. The molecule has 3 rings (SSSR count). The van der Waals surface area contributed by atoms with E-state index in [1.54, 1.807) is 6.07 Å². The standard InChI is InChI=1S/C19H21NO4/c1-13-7-8-14(2)17(11-13)22-10-9-20-19(21)18-12-23-15-5-3-4-6-16(15)24-18/h3-8,11,18H,9-10,12H2,1-2H3,(H,20,21)/t18-/m0/s1. The minimum absolute atomic E-state index is 0.200. The zero-order valence-electron chi connectivity index (χ0n) is 13.9. The van der Waals surface area contributed by atoms with E-state index < -0.39 is 6.10 Å². The van der Waals surface area contributed by atoms with Crippen LogP contribution in [0, 0.1) is 13.8 Å². The van der Waals surface area contributed by atoms with Crippen molar-refractivity contribution >= 4 is 5.91 Å². The maximum Gasteiger partial charge on any atom is 0.264 e. The largest absolute Gasteiger partial charge is 0.491 e. The van der Waals surface area contributed by atoms with Gasteiger partial charge < -0.3 is 19.5 Å². The lowest BCUT2D eigenvalue weighted by atomic mass is 10.1. The first-order valence-corrected chi connectivity index (χ1v) is 8.00. The Bertz CT molecular complexity index is 729. The highest BCUT2D eigenvalue weighted by molar-refractivity contribution is 5.81. The van der Waals surface area contributed by atoms with E-state index in [1.807, 2.05) is 50.2 Å². The number of nitrogens with one attached hydrogen (secondary N) is 1. The van der Waals surface area contributed by atoms with Crippen molar-refractivity contribution in [3.05, 3.63) is 53.6 Å². The van der Waals surface area contributed by atoms with Gasteiger partial charge in [-0.05, 0) is 43.2 Å². The Morgan fingerprint density at radius 1 is 1.21 bits per heavy atom. The summed E-state index contributed by atoms with van der Waals surface area (Å²) in [6.07, 6.45) is -0.638. The topological polar surface area (TPSA) is 56.8 Å². The molecule has 126 valence electrons. The summed E-state index contributed by atoms with van der Waals surface area (Å²) in [4.78, 5) is 12.2. The van der Waals surface area contributed by atoms with Gasteiger partial charge in [0.2, 0.25) is 6.10 Å². The third kappa shape index (κ3) is 3.79. The molecule has 0 bridgehead atoms. The monoisotopic (exact) mass is 327 g/mol. The second kappa shape index (κ2) is 7.25. The molecule has 1 heterocycles. The van der Waals surface area contributed by atoms with Crippen LogP contribution in [0.3, 0.4) is 0 Å². The SMILES string of the molecule is Cc1ccc(C)c(OCCNC(=O)[C@@H]2COc3ccccc3O2)c1. The van der Waals surface area contributed by atoms with E-state index in [4.69, 9.17) is 14.2 Å². The summed E-state index contributed by atoms with van der Waals surface area (Å²) < 4.78 is 16.9. The molecule has 1 N–H and O–H groups in total. The fourth-order valence-corrected chi connectivity index (χ4v) is 2.46. The van der Waals surface area contributed by atoms with E-state index in [2.05, 4.69) is 5.32 Å². The Labute approximate surface area is 141 Å². The highest BCUT2D eigenvalue weighted by atomic mass is 16.6. The van der Waals surface area contributed by atoms with Crippen LogP contribution < -0.4 is 19.5 Å². The van der Waals surface area contributed by atoms with Crippen molar-refractivity contribution in [2.75, 3.05) is 19.8 Å². The Hall–Kier alpha value is -2.69. The predicted octanol–water partition coefficient (Wildman–Crippen LogP) is 2.64. The predicted molar refractivity (Wildman–Crippen MR) is 90.8 cm³/mol. The normalized spacial score (nSPS) is 15.7. The van der Waals surface area contributed by atoms with Crippen molar-refractivity contribution < 1.29 is 19.0 Å². The van der Waals surface area contributed by atoms with Crippen LogP contribution in [0.15, 0.2) is 42.5 Å². The second-order valence-electron chi connectivity index (χ2n) is 5.77. The molecule has 0 fully saturated rings. The van der Waals surface area contributed by atoms with Gasteiger partial charge in [0.1, 0.15) is 19.0 Å². The van der Waals surface area contributed by atoms with Gasteiger partial charge >= 0.3 is 0 Å². The number of hydrogen-bond donors (Lipinski definition) is 1. The lowest BCUT2D eigenvalue weighted by Crippen LogP contribution is -2.45. The average Bonchev–Trinajstić information content (AvgIpc) is 2.61. The fourth-order valence-electron chi connectivity index (χ4n) is 2.46. The van der Waals surface area contributed by atoms with Crippen LogP contribution >= 0.6 is 0 Å². The first-order valence-electron chi connectivity index (χ1n) is 8.00. The molecule has 0 aromatic heterocycles. The molecule has 2 aromatic rings. The molecule has 0 saturated heterocycles. The molecule has 5 nitrogen and oxygen atoms in total. The summed E-state index contributed by atoms with van der Waals surface area (Å²) in [6.45, 7) is 5.04. The number of rotatable bonds is 5. The number of amides is 1. The number of benzene rings is 2. The van der Waals surface area contributed by atoms with Crippen LogP contribution in [0.2, 0.25) is 0 Å². The number of ether oxygens (including phenoxy) is 3.